The SMILES string of the molecule is CC/C=C\C/C=C\C/C=C\C/C=C\CCCCCCC(=O)NC(COC1OC(CO)C(OC2OC(CO)C(O)C(O)C2O)C(O)C1O)C(O)/C=C/CC/C=C/CC/C=C/CCCCCCCCCCCCCCC. The van der Waals surface area contributed by atoms with Crippen LogP contribution in [0.4, 0.5) is 0 Å². The molecule has 2 fully saturated rings. The van der Waals surface area contributed by atoms with Crippen molar-refractivity contribution in [3.8, 4) is 0 Å². The van der Waals surface area contributed by atoms with Crippen LogP contribution in [0, 0.1) is 0 Å². The van der Waals surface area contributed by atoms with Crippen molar-refractivity contribution in [2.75, 3.05) is 19.8 Å². The lowest BCUT2D eigenvalue weighted by Crippen LogP contribution is -2.65. The molecule has 0 radical (unpaired) electrons. The first-order valence-electron chi connectivity index (χ1n) is 28.8. The van der Waals surface area contributed by atoms with Crippen LogP contribution in [0.1, 0.15) is 194 Å². The van der Waals surface area contributed by atoms with Crippen molar-refractivity contribution in [1.82, 2.24) is 5.32 Å². The van der Waals surface area contributed by atoms with E-state index in [0.717, 1.165) is 77.0 Å². The molecule has 74 heavy (non-hydrogen) atoms. The van der Waals surface area contributed by atoms with Gasteiger partial charge >= 0.3 is 0 Å². The van der Waals surface area contributed by atoms with Gasteiger partial charge in [0.1, 0.15) is 48.8 Å². The number of ether oxygens (including phenoxy) is 4. The van der Waals surface area contributed by atoms with Gasteiger partial charge in [0, 0.05) is 6.42 Å². The molecule has 9 N–H and O–H groups in total. The summed E-state index contributed by atoms with van der Waals surface area (Å²) in [5.74, 6) is -0.280. The highest BCUT2D eigenvalue weighted by Crippen LogP contribution is 2.30. The molecule has 0 aromatic rings. The van der Waals surface area contributed by atoms with Gasteiger partial charge in [-0.25, -0.2) is 0 Å². The molecule has 12 atom stereocenters. The molecular weight excluding hydrogens is 943 g/mol. The average molecular weight is 1050 g/mol. The predicted octanol–water partition coefficient (Wildman–Crippen LogP) is 9.33. The Hall–Kier alpha value is -2.83. The van der Waals surface area contributed by atoms with E-state index in [9.17, 15) is 45.6 Å². The first kappa shape index (κ1) is 67.3. The number of hydrogen-bond acceptors (Lipinski definition) is 13. The normalized spacial score (nSPS) is 25.9. The topological polar surface area (TPSA) is 228 Å². The third-order valence-corrected chi connectivity index (χ3v) is 13.5. The van der Waals surface area contributed by atoms with E-state index in [0.29, 0.717) is 12.8 Å². The molecule has 0 bridgehead atoms. The second-order valence-electron chi connectivity index (χ2n) is 20.0. The summed E-state index contributed by atoms with van der Waals surface area (Å²) in [5.41, 5.74) is 0. The zero-order valence-corrected chi connectivity index (χ0v) is 45.6. The van der Waals surface area contributed by atoms with Crippen LogP contribution in [-0.2, 0) is 23.7 Å². The molecule has 14 nitrogen and oxygen atoms in total. The van der Waals surface area contributed by atoms with Crippen LogP contribution in [0.25, 0.3) is 0 Å². The van der Waals surface area contributed by atoms with Crippen molar-refractivity contribution < 1.29 is 64.6 Å². The number of rotatable bonds is 44. The van der Waals surface area contributed by atoms with Crippen molar-refractivity contribution in [3.05, 3.63) is 85.1 Å². The third kappa shape index (κ3) is 30.8. The Kier molecular flexibility index (Phi) is 41.1. The molecule has 0 aromatic heterocycles. The van der Waals surface area contributed by atoms with Crippen molar-refractivity contribution in [2.45, 2.75) is 267 Å². The predicted molar refractivity (Wildman–Crippen MR) is 295 cm³/mol. The van der Waals surface area contributed by atoms with Crippen molar-refractivity contribution in [1.29, 1.82) is 0 Å². The van der Waals surface area contributed by atoms with Gasteiger partial charge in [-0.15, -0.1) is 0 Å². The first-order valence-corrected chi connectivity index (χ1v) is 28.8. The van der Waals surface area contributed by atoms with Gasteiger partial charge in [0.05, 0.1) is 32.0 Å². The highest BCUT2D eigenvalue weighted by atomic mass is 16.7. The van der Waals surface area contributed by atoms with E-state index >= 15 is 0 Å². The molecular formula is C60H103NO13. The molecule has 0 aliphatic carbocycles. The Morgan fingerprint density at radius 2 is 0.946 bits per heavy atom. The van der Waals surface area contributed by atoms with Crippen LogP contribution in [-0.4, -0.2) is 140 Å². The van der Waals surface area contributed by atoms with Crippen LogP contribution < -0.4 is 5.32 Å². The van der Waals surface area contributed by atoms with Crippen LogP contribution >= 0.6 is 0 Å². The number of aliphatic hydroxyl groups excluding tert-OH is 8. The second kappa shape index (κ2) is 45.2. The summed E-state index contributed by atoms with van der Waals surface area (Å²) in [7, 11) is 0. The molecule has 1 amide bonds. The van der Waals surface area contributed by atoms with E-state index in [1.165, 1.54) is 83.5 Å². The summed E-state index contributed by atoms with van der Waals surface area (Å²) in [6, 6.07) is -0.956. The lowest BCUT2D eigenvalue weighted by atomic mass is 9.97. The zero-order chi connectivity index (χ0) is 53.9. The molecule has 14 heteroatoms. The number of hydrogen-bond donors (Lipinski definition) is 9. The molecule has 2 aliphatic rings. The maximum Gasteiger partial charge on any atom is 0.220 e. The Morgan fingerprint density at radius 1 is 0.500 bits per heavy atom. The second-order valence-corrected chi connectivity index (χ2v) is 20.0. The van der Waals surface area contributed by atoms with Gasteiger partial charge in [-0.1, -0.05) is 189 Å². The summed E-state index contributed by atoms with van der Waals surface area (Å²) in [5, 5.41) is 87.0. The zero-order valence-electron chi connectivity index (χ0n) is 45.6. The number of unbranched alkanes of at least 4 members (excludes halogenated alkanes) is 19. The first-order chi connectivity index (χ1) is 36.1. The lowest BCUT2D eigenvalue weighted by Gasteiger charge is -2.46. The smallest absolute Gasteiger partial charge is 0.220 e. The Labute approximate surface area is 446 Å². The number of carbonyl (C=O) groups is 1. The summed E-state index contributed by atoms with van der Waals surface area (Å²) >= 11 is 0. The number of allylic oxidation sites excluding steroid dienone is 13. The molecule has 426 valence electrons. The van der Waals surface area contributed by atoms with E-state index < -0.39 is 86.8 Å². The largest absolute Gasteiger partial charge is 0.394 e. The monoisotopic (exact) mass is 1050 g/mol. The van der Waals surface area contributed by atoms with Crippen LogP contribution in [0.5, 0.6) is 0 Å². The molecule has 2 aliphatic heterocycles. The fourth-order valence-corrected chi connectivity index (χ4v) is 8.90. The number of amides is 1. The van der Waals surface area contributed by atoms with Crippen LogP contribution in [0.3, 0.4) is 0 Å². The quantitative estimate of drug-likeness (QED) is 0.0205. The average Bonchev–Trinajstić information content (AvgIpc) is 3.40. The minimum Gasteiger partial charge on any atom is -0.394 e. The van der Waals surface area contributed by atoms with Crippen molar-refractivity contribution >= 4 is 5.91 Å². The van der Waals surface area contributed by atoms with Gasteiger partial charge in [0.2, 0.25) is 5.91 Å². The van der Waals surface area contributed by atoms with E-state index in [-0.39, 0.29) is 18.9 Å². The maximum atomic E-state index is 13.2. The lowest BCUT2D eigenvalue weighted by molar-refractivity contribution is -0.359. The van der Waals surface area contributed by atoms with E-state index in [2.05, 4.69) is 92.1 Å². The molecule has 2 heterocycles. The van der Waals surface area contributed by atoms with Crippen molar-refractivity contribution in [3.63, 3.8) is 0 Å². The van der Waals surface area contributed by atoms with Gasteiger partial charge < -0.3 is 65.1 Å². The van der Waals surface area contributed by atoms with Crippen molar-refractivity contribution in [2.24, 2.45) is 0 Å². The molecule has 0 spiro atoms. The molecule has 2 rings (SSSR count). The highest BCUT2D eigenvalue weighted by Gasteiger charge is 2.51. The van der Waals surface area contributed by atoms with Gasteiger partial charge in [-0.05, 0) is 83.5 Å². The summed E-state index contributed by atoms with van der Waals surface area (Å²) in [6.07, 6.45) is 43.4. The molecule has 12 unspecified atom stereocenters. The number of carbonyl (C=O) groups excluding carboxylic acids is 1. The van der Waals surface area contributed by atoms with Gasteiger partial charge in [0.15, 0.2) is 12.6 Å². The standard InChI is InChI=1S/C60H103NO13/c1-3-5-7-9-11-13-15-17-19-21-22-23-24-25-26-28-29-31-33-35-37-39-41-43-49(64)48(61-52(65)44-42-40-38-36-34-32-30-27-20-18-16-14-12-10-8-6-4-2)47-71-59-57(70)55(68)58(51(46-63)73-59)74-60-56(69)54(67)53(66)50(45-62)72-60/h6,8,12,14,18,20,26,28,30,32-33,35,41,43,48-51,53-60,62-64,66-70H,3-5,7,9-11,13,15-17,19,21-25,27,29,31,34,36-40,42,44-47H2,1-2H3,(H,61,65)/b8-6-,14-12-,20-18-,28-26+,32-30-,35-33+,43-41+. The number of aliphatic hydroxyl groups is 8. The van der Waals surface area contributed by atoms with Gasteiger partial charge in [-0.3, -0.25) is 4.79 Å². The van der Waals surface area contributed by atoms with Crippen LogP contribution in [0.15, 0.2) is 85.1 Å². The van der Waals surface area contributed by atoms with Gasteiger partial charge in [-0.2, -0.15) is 0 Å². The van der Waals surface area contributed by atoms with E-state index in [1.54, 1.807) is 6.08 Å². The molecule has 0 saturated carbocycles. The van der Waals surface area contributed by atoms with E-state index in [4.69, 9.17) is 18.9 Å². The summed E-state index contributed by atoms with van der Waals surface area (Å²) in [6.45, 7) is 2.63. The summed E-state index contributed by atoms with van der Waals surface area (Å²) in [4.78, 5) is 13.2. The Balaban J connectivity index is 1.83. The molecule has 0 aromatic carbocycles. The molecule has 2 saturated heterocycles. The van der Waals surface area contributed by atoms with E-state index in [1.807, 2.05) is 6.08 Å². The fourth-order valence-electron chi connectivity index (χ4n) is 8.90. The summed E-state index contributed by atoms with van der Waals surface area (Å²) < 4.78 is 22.7. The Bertz CT molecular complexity index is 1560. The fraction of sp³-hybridized carbons (Fsp3) is 0.750. The highest BCUT2D eigenvalue weighted by molar-refractivity contribution is 5.76. The minimum absolute atomic E-state index is 0.237. The van der Waals surface area contributed by atoms with Gasteiger partial charge in [0.25, 0.3) is 0 Å². The minimum atomic E-state index is -1.80. The third-order valence-electron chi connectivity index (χ3n) is 13.5. The maximum absolute atomic E-state index is 13.2. The van der Waals surface area contributed by atoms with Crippen LogP contribution in [0.2, 0.25) is 0 Å². The Morgan fingerprint density at radius 3 is 1.49 bits per heavy atom. The number of nitrogens with one attached hydrogen (secondary N) is 1.